The topological polar surface area (TPSA) is 76.4 Å². The molecule has 0 saturated carbocycles. The number of aryl methyl sites for hydroxylation is 1. The van der Waals surface area contributed by atoms with Gasteiger partial charge in [0.25, 0.3) is 0 Å². The second kappa shape index (κ2) is 13.5. The van der Waals surface area contributed by atoms with E-state index in [2.05, 4.69) is 15.6 Å². The van der Waals surface area contributed by atoms with E-state index in [0.717, 1.165) is 6.54 Å². The Bertz CT molecular complexity index is 656. The number of oxazole rings is 1. The van der Waals surface area contributed by atoms with E-state index >= 15 is 0 Å². The highest BCUT2D eigenvalue weighted by Crippen LogP contribution is 2.23. The summed E-state index contributed by atoms with van der Waals surface area (Å²) < 4.78 is 24.1. The van der Waals surface area contributed by atoms with Crippen LogP contribution in [0.3, 0.4) is 0 Å². The maximum Gasteiger partial charge on any atom is 0.220 e. The molecule has 0 unspecified atom stereocenters. The highest BCUT2D eigenvalue weighted by molar-refractivity contribution is 5.85. The number of hydrogen-bond donors (Lipinski definition) is 2. The summed E-state index contributed by atoms with van der Waals surface area (Å²) in [5, 5.41) is 5.94. The number of carbonyl (C=O) groups excluding carboxylic acids is 1. The largest absolute Gasteiger partial charge is 0.441 e. The summed E-state index contributed by atoms with van der Waals surface area (Å²) in [6.45, 7) is 2.63. The lowest BCUT2D eigenvalue weighted by molar-refractivity contribution is -0.121. The summed E-state index contributed by atoms with van der Waals surface area (Å²) in [4.78, 5) is 15.8. The summed E-state index contributed by atoms with van der Waals surface area (Å²) in [6, 6.07) is 6.34. The number of nitrogens with one attached hydrogen (secondary N) is 2. The molecule has 1 heterocycles. The smallest absolute Gasteiger partial charge is 0.220 e. The molecule has 9 heteroatoms. The molecule has 6 nitrogen and oxygen atoms in total. The molecule has 26 heavy (non-hydrogen) atoms. The van der Waals surface area contributed by atoms with Gasteiger partial charge < -0.3 is 19.8 Å². The molecule has 0 aliphatic carbocycles. The van der Waals surface area contributed by atoms with Crippen molar-refractivity contribution >= 4 is 30.7 Å². The highest BCUT2D eigenvalue weighted by atomic mass is 35.5. The van der Waals surface area contributed by atoms with Gasteiger partial charge in [-0.3, -0.25) is 4.79 Å². The van der Waals surface area contributed by atoms with Crippen molar-refractivity contribution in [2.24, 2.45) is 0 Å². The third-order valence-corrected chi connectivity index (χ3v) is 3.37. The lowest BCUT2D eigenvalue weighted by atomic mass is 10.2. The van der Waals surface area contributed by atoms with Crippen LogP contribution < -0.4 is 10.6 Å². The number of methoxy groups -OCH3 is 1. The van der Waals surface area contributed by atoms with Crippen molar-refractivity contribution in [3.63, 3.8) is 0 Å². The van der Waals surface area contributed by atoms with E-state index in [1.807, 2.05) is 0 Å². The molecule has 1 aromatic heterocycles. The maximum atomic E-state index is 13.7. The van der Waals surface area contributed by atoms with Gasteiger partial charge in [0, 0.05) is 39.6 Å². The molecule has 0 saturated heterocycles. The van der Waals surface area contributed by atoms with Gasteiger partial charge in [-0.1, -0.05) is 12.1 Å². The first-order valence-electron chi connectivity index (χ1n) is 7.86. The van der Waals surface area contributed by atoms with E-state index < -0.39 is 0 Å². The summed E-state index contributed by atoms with van der Waals surface area (Å²) >= 11 is 0. The fourth-order valence-electron chi connectivity index (χ4n) is 2.11. The summed E-state index contributed by atoms with van der Waals surface area (Å²) in [5.41, 5.74) is 0.364. The van der Waals surface area contributed by atoms with Gasteiger partial charge in [-0.15, -0.1) is 24.8 Å². The van der Waals surface area contributed by atoms with Gasteiger partial charge in [0.15, 0.2) is 11.7 Å². The summed E-state index contributed by atoms with van der Waals surface area (Å²) in [6.07, 6.45) is 2.12. The normalized spacial score (nSPS) is 9.92. The zero-order chi connectivity index (χ0) is 17.2. The number of benzene rings is 1. The van der Waals surface area contributed by atoms with Gasteiger partial charge in [0.1, 0.15) is 5.82 Å². The molecule has 2 aromatic rings. The molecule has 2 rings (SSSR count). The van der Waals surface area contributed by atoms with Crippen LogP contribution in [-0.4, -0.2) is 44.2 Å². The minimum Gasteiger partial charge on any atom is -0.441 e. The Morgan fingerprint density at radius 1 is 1.23 bits per heavy atom. The SMILES string of the molecule is COCCNCCNC(=O)CCc1ncc(-c2ccccc2F)o1.Cl.Cl. The first kappa shape index (κ1) is 24.3. The van der Waals surface area contributed by atoms with Crippen molar-refractivity contribution in [3.05, 3.63) is 42.2 Å². The van der Waals surface area contributed by atoms with Crippen LogP contribution >= 0.6 is 24.8 Å². The quantitative estimate of drug-likeness (QED) is 0.591. The Morgan fingerprint density at radius 2 is 2.00 bits per heavy atom. The van der Waals surface area contributed by atoms with Crippen molar-refractivity contribution < 1.29 is 18.3 Å². The molecule has 0 aliphatic heterocycles. The summed E-state index contributed by atoms with van der Waals surface area (Å²) in [5.74, 6) is 0.348. The number of ether oxygens (including phenoxy) is 1. The molecule has 0 bridgehead atoms. The van der Waals surface area contributed by atoms with Crippen LogP contribution in [-0.2, 0) is 16.0 Å². The summed E-state index contributed by atoms with van der Waals surface area (Å²) in [7, 11) is 1.64. The number of amides is 1. The monoisotopic (exact) mass is 407 g/mol. The predicted octanol–water partition coefficient (Wildman–Crippen LogP) is 2.61. The van der Waals surface area contributed by atoms with E-state index in [1.54, 1.807) is 25.3 Å². The van der Waals surface area contributed by atoms with Crippen molar-refractivity contribution in [1.82, 2.24) is 15.6 Å². The molecule has 0 fully saturated rings. The Morgan fingerprint density at radius 3 is 2.73 bits per heavy atom. The third kappa shape index (κ3) is 8.14. The van der Waals surface area contributed by atoms with Crippen molar-refractivity contribution in [2.75, 3.05) is 33.4 Å². The Kier molecular flexibility index (Phi) is 12.7. The molecular formula is C17H24Cl2FN3O3. The van der Waals surface area contributed by atoms with E-state index in [0.29, 0.717) is 43.3 Å². The van der Waals surface area contributed by atoms with Crippen LogP contribution in [0.5, 0.6) is 0 Å². The third-order valence-electron chi connectivity index (χ3n) is 3.37. The predicted molar refractivity (Wildman–Crippen MR) is 102 cm³/mol. The van der Waals surface area contributed by atoms with E-state index in [9.17, 15) is 9.18 Å². The van der Waals surface area contributed by atoms with Crippen LogP contribution in [0.25, 0.3) is 11.3 Å². The molecule has 146 valence electrons. The maximum absolute atomic E-state index is 13.7. The fraction of sp³-hybridized carbons (Fsp3) is 0.412. The van der Waals surface area contributed by atoms with E-state index in [4.69, 9.17) is 9.15 Å². The van der Waals surface area contributed by atoms with Crippen LogP contribution in [0, 0.1) is 5.82 Å². The Balaban J connectivity index is 0.00000312. The van der Waals surface area contributed by atoms with Gasteiger partial charge in [0.05, 0.1) is 18.4 Å². The van der Waals surface area contributed by atoms with Crippen molar-refractivity contribution in [2.45, 2.75) is 12.8 Å². The van der Waals surface area contributed by atoms with Crippen LogP contribution in [0.15, 0.2) is 34.9 Å². The first-order chi connectivity index (χ1) is 11.7. The lowest BCUT2D eigenvalue weighted by Gasteiger charge is -2.05. The van der Waals surface area contributed by atoms with Crippen LogP contribution in [0.4, 0.5) is 4.39 Å². The lowest BCUT2D eigenvalue weighted by Crippen LogP contribution is -2.33. The van der Waals surface area contributed by atoms with Gasteiger partial charge in [-0.25, -0.2) is 9.37 Å². The average Bonchev–Trinajstić information content (AvgIpc) is 3.05. The number of nitrogens with zero attached hydrogens (tertiary/aromatic N) is 1. The molecule has 0 radical (unpaired) electrons. The minimum absolute atomic E-state index is 0. The molecule has 0 atom stereocenters. The van der Waals surface area contributed by atoms with Gasteiger partial charge in [-0.2, -0.15) is 0 Å². The molecule has 1 amide bonds. The van der Waals surface area contributed by atoms with Crippen LogP contribution in [0.1, 0.15) is 12.3 Å². The van der Waals surface area contributed by atoms with Gasteiger partial charge in [-0.05, 0) is 12.1 Å². The van der Waals surface area contributed by atoms with E-state index in [-0.39, 0.29) is 43.0 Å². The average molecular weight is 408 g/mol. The number of halogens is 3. The number of hydrogen-bond acceptors (Lipinski definition) is 5. The van der Waals surface area contributed by atoms with Crippen molar-refractivity contribution in [1.29, 1.82) is 0 Å². The molecule has 0 aliphatic rings. The minimum atomic E-state index is -0.362. The second-order valence-corrected chi connectivity index (χ2v) is 5.19. The van der Waals surface area contributed by atoms with Crippen LogP contribution in [0.2, 0.25) is 0 Å². The standard InChI is InChI=1S/C17H22FN3O3.2ClH/c1-23-11-10-19-8-9-20-16(22)6-7-17-21-12-15(24-17)13-4-2-3-5-14(13)18;;/h2-5,12,19H,6-11H2,1H3,(H,20,22);2*1H. The molecular weight excluding hydrogens is 384 g/mol. The zero-order valence-electron chi connectivity index (χ0n) is 14.5. The van der Waals surface area contributed by atoms with Crippen molar-refractivity contribution in [3.8, 4) is 11.3 Å². The Hall–Kier alpha value is -1.67. The molecule has 1 aromatic carbocycles. The van der Waals surface area contributed by atoms with Gasteiger partial charge in [0.2, 0.25) is 5.91 Å². The van der Waals surface area contributed by atoms with Gasteiger partial charge >= 0.3 is 0 Å². The molecule has 0 spiro atoms. The number of rotatable bonds is 10. The fourth-order valence-corrected chi connectivity index (χ4v) is 2.11. The zero-order valence-corrected chi connectivity index (χ0v) is 16.1. The highest BCUT2D eigenvalue weighted by Gasteiger charge is 2.11. The Labute approximate surface area is 164 Å². The number of carbonyl (C=O) groups is 1. The number of aromatic nitrogens is 1. The van der Waals surface area contributed by atoms with E-state index in [1.165, 1.54) is 12.3 Å². The first-order valence-corrected chi connectivity index (χ1v) is 7.86. The second-order valence-electron chi connectivity index (χ2n) is 5.19. The molecule has 2 N–H and O–H groups in total.